The third kappa shape index (κ3) is 15.2. The minimum Gasteiger partial charge on any atom is -0.0965 e. The summed E-state index contributed by atoms with van der Waals surface area (Å²) in [6.45, 7) is 13.6. The zero-order valence-corrected chi connectivity index (χ0v) is 20.0. The van der Waals surface area contributed by atoms with Gasteiger partial charge in [-0.15, -0.1) is 0 Å². The van der Waals surface area contributed by atoms with Gasteiger partial charge in [0.2, 0.25) is 0 Å². The molecule has 0 aliphatic rings. The second-order valence-electron chi connectivity index (χ2n) is 8.87. The van der Waals surface area contributed by atoms with Crippen LogP contribution in [-0.2, 0) is 0 Å². The molecule has 156 valence electrons. The van der Waals surface area contributed by atoms with Crippen LogP contribution in [0.25, 0.3) is 0 Å². The van der Waals surface area contributed by atoms with E-state index in [1.54, 1.807) is 6.16 Å². The molecule has 0 aromatic rings. The Kier molecular flexibility index (Phi) is 18.7. The Morgan fingerprint density at radius 1 is 0.538 bits per heavy atom. The fourth-order valence-electron chi connectivity index (χ4n) is 4.24. The van der Waals surface area contributed by atoms with Crippen molar-refractivity contribution in [3.63, 3.8) is 0 Å². The van der Waals surface area contributed by atoms with Gasteiger partial charge in [0, 0.05) is 7.26 Å². The van der Waals surface area contributed by atoms with Crippen molar-refractivity contribution in [2.24, 2.45) is 0 Å². The van der Waals surface area contributed by atoms with Gasteiger partial charge in [0.25, 0.3) is 0 Å². The summed E-state index contributed by atoms with van der Waals surface area (Å²) in [5, 5.41) is 0. The predicted octanol–water partition coefficient (Wildman–Crippen LogP) is 9.49. The van der Waals surface area contributed by atoms with E-state index in [1.165, 1.54) is 120 Å². The lowest BCUT2D eigenvalue weighted by molar-refractivity contribution is 0.554. The minimum atomic E-state index is -0.762. The maximum absolute atomic E-state index is 4.29. The van der Waals surface area contributed by atoms with E-state index in [9.17, 15) is 0 Å². The van der Waals surface area contributed by atoms with Crippen LogP contribution in [0.3, 0.4) is 0 Å². The van der Waals surface area contributed by atoms with Crippen molar-refractivity contribution in [2.75, 3.05) is 24.6 Å². The highest BCUT2D eigenvalue weighted by molar-refractivity contribution is 7.76. The van der Waals surface area contributed by atoms with Crippen molar-refractivity contribution in [1.82, 2.24) is 0 Å². The smallest absolute Gasteiger partial charge is 0.0797 e. The van der Waals surface area contributed by atoms with Crippen molar-refractivity contribution in [2.45, 2.75) is 124 Å². The highest BCUT2D eigenvalue weighted by atomic mass is 31.2. The molecule has 26 heavy (non-hydrogen) atoms. The standard InChI is InChI=1S/C25H52P/c1-6-9-12-13-14-15-16-17-18-19-20-23-26(21-10-7-2,22-11-8-3)24-25(4)5/h4,6-24H2,1-3,5H3/q+1. The lowest BCUT2D eigenvalue weighted by atomic mass is 10.1. The van der Waals surface area contributed by atoms with E-state index in [1.807, 2.05) is 0 Å². The first-order valence-electron chi connectivity index (χ1n) is 12.1. The average Bonchev–Trinajstić information content (AvgIpc) is 2.62. The second-order valence-corrected chi connectivity index (χ2v) is 13.2. The molecule has 0 aliphatic heterocycles. The van der Waals surface area contributed by atoms with E-state index < -0.39 is 7.26 Å². The highest BCUT2D eigenvalue weighted by Gasteiger charge is 2.35. The molecule has 0 N–H and O–H groups in total. The Balaban J connectivity index is 4.01. The molecule has 0 atom stereocenters. The summed E-state index contributed by atoms with van der Waals surface area (Å²) in [4.78, 5) is 0. The van der Waals surface area contributed by atoms with Gasteiger partial charge in [0.15, 0.2) is 0 Å². The fourth-order valence-corrected chi connectivity index (χ4v) is 9.40. The largest absolute Gasteiger partial charge is 0.0965 e. The van der Waals surface area contributed by atoms with Gasteiger partial charge in [-0.3, -0.25) is 0 Å². The number of allylic oxidation sites excluding steroid dienone is 1. The fraction of sp³-hybridized carbons (Fsp3) is 0.920. The van der Waals surface area contributed by atoms with Crippen molar-refractivity contribution >= 4 is 7.26 Å². The molecular formula is C25H52P+. The van der Waals surface area contributed by atoms with E-state index in [0.717, 1.165) is 0 Å². The van der Waals surface area contributed by atoms with Crippen molar-refractivity contribution in [1.29, 1.82) is 0 Å². The number of hydrogen-bond acceptors (Lipinski definition) is 0. The maximum Gasteiger partial charge on any atom is 0.0797 e. The first-order chi connectivity index (χ1) is 12.6. The molecule has 0 amide bonds. The summed E-state index contributed by atoms with van der Waals surface area (Å²) in [6, 6.07) is 0. The van der Waals surface area contributed by atoms with Gasteiger partial charge >= 0.3 is 0 Å². The Bertz CT molecular complexity index is 299. The molecule has 0 aromatic carbocycles. The molecule has 0 bridgehead atoms. The van der Waals surface area contributed by atoms with E-state index in [-0.39, 0.29) is 0 Å². The Labute approximate surface area is 168 Å². The Morgan fingerprint density at radius 3 is 1.27 bits per heavy atom. The van der Waals surface area contributed by atoms with E-state index >= 15 is 0 Å². The molecule has 0 nitrogen and oxygen atoms in total. The van der Waals surface area contributed by atoms with Crippen LogP contribution in [0.5, 0.6) is 0 Å². The first-order valence-corrected chi connectivity index (χ1v) is 14.6. The quantitative estimate of drug-likeness (QED) is 0.111. The van der Waals surface area contributed by atoms with Gasteiger partial charge in [-0.1, -0.05) is 98.0 Å². The summed E-state index contributed by atoms with van der Waals surface area (Å²) in [5.74, 6) is 0. The van der Waals surface area contributed by atoms with Crippen LogP contribution in [0.15, 0.2) is 12.2 Å². The monoisotopic (exact) mass is 383 g/mol. The van der Waals surface area contributed by atoms with Crippen LogP contribution < -0.4 is 0 Å². The lowest BCUT2D eigenvalue weighted by Gasteiger charge is -2.28. The van der Waals surface area contributed by atoms with E-state index in [2.05, 4.69) is 34.3 Å². The second kappa shape index (κ2) is 18.5. The molecule has 0 saturated carbocycles. The number of rotatable bonds is 20. The zero-order chi connectivity index (χ0) is 19.5. The van der Waals surface area contributed by atoms with E-state index in [4.69, 9.17) is 0 Å². The van der Waals surface area contributed by atoms with Gasteiger partial charge in [-0.05, 0) is 38.2 Å². The molecule has 0 radical (unpaired) electrons. The van der Waals surface area contributed by atoms with Crippen molar-refractivity contribution < 1.29 is 0 Å². The van der Waals surface area contributed by atoms with Crippen molar-refractivity contribution in [3.05, 3.63) is 12.2 Å². The molecule has 0 rings (SSSR count). The van der Waals surface area contributed by atoms with Crippen molar-refractivity contribution in [3.8, 4) is 0 Å². The molecule has 0 aliphatic carbocycles. The maximum atomic E-state index is 4.29. The average molecular weight is 384 g/mol. The van der Waals surface area contributed by atoms with Crippen LogP contribution >= 0.6 is 7.26 Å². The molecule has 0 unspecified atom stereocenters. The lowest BCUT2D eigenvalue weighted by Crippen LogP contribution is -2.13. The molecule has 0 fully saturated rings. The normalized spacial score (nSPS) is 11.8. The number of hydrogen-bond donors (Lipinski definition) is 0. The van der Waals surface area contributed by atoms with Gasteiger partial charge in [0.1, 0.15) is 0 Å². The summed E-state index contributed by atoms with van der Waals surface area (Å²) in [5.41, 5.74) is 1.45. The zero-order valence-electron chi connectivity index (χ0n) is 19.1. The topological polar surface area (TPSA) is 0 Å². The van der Waals surface area contributed by atoms with Crippen LogP contribution in [0.1, 0.15) is 124 Å². The van der Waals surface area contributed by atoms with Gasteiger partial charge in [-0.2, -0.15) is 0 Å². The third-order valence-corrected chi connectivity index (χ3v) is 10.8. The van der Waals surface area contributed by atoms with E-state index in [0.29, 0.717) is 0 Å². The molecule has 0 spiro atoms. The van der Waals surface area contributed by atoms with Crippen LogP contribution in [0, 0.1) is 0 Å². The van der Waals surface area contributed by atoms with Gasteiger partial charge in [0.05, 0.1) is 24.6 Å². The molecular weight excluding hydrogens is 331 g/mol. The Morgan fingerprint density at radius 2 is 0.885 bits per heavy atom. The highest BCUT2D eigenvalue weighted by Crippen LogP contribution is 2.61. The summed E-state index contributed by atoms with van der Waals surface area (Å²) < 4.78 is 0. The number of unbranched alkanes of at least 4 members (excludes halogenated alkanes) is 12. The summed E-state index contributed by atoms with van der Waals surface area (Å²) in [6.07, 6.45) is 27.7. The minimum absolute atomic E-state index is 0.762. The molecule has 0 saturated heterocycles. The van der Waals surface area contributed by atoms with Gasteiger partial charge in [-0.25, -0.2) is 0 Å². The molecule has 1 heteroatoms. The molecule has 0 aromatic heterocycles. The summed E-state index contributed by atoms with van der Waals surface area (Å²) in [7, 11) is -0.762. The van der Waals surface area contributed by atoms with Gasteiger partial charge < -0.3 is 0 Å². The SMILES string of the molecule is C=C(C)C[P+](CCCC)(CCCC)CCCCCCCCCCCCC. The first kappa shape index (κ1) is 26.2. The predicted molar refractivity (Wildman–Crippen MR) is 127 cm³/mol. The Hall–Kier alpha value is 0.170. The third-order valence-electron chi connectivity index (χ3n) is 5.81. The van der Waals surface area contributed by atoms with Crippen LogP contribution in [0.4, 0.5) is 0 Å². The van der Waals surface area contributed by atoms with Crippen LogP contribution in [0.2, 0.25) is 0 Å². The molecule has 0 heterocycles. The van der Waals surface area contributed by atoms with Crippen LogP contribution in [-0.4, -0.2) is 24.6 Å². The summed E-state index contributed by atoms with van der Waals surface area (Å²) >= 11 is 0.